The molecule has 8 rings (SSSR count). The average Bonchev–Trinajstić information content (AvgIpc) is 3.57. The van der Waals surface area contributed by atoms with Gasteiger partial charge in [-0.05, 0) is 81.9 Å². The zero-order valence-corrected chi connectivity index (χ0v) is 28.0. The van der Waals surface area contributed by atoms with Gasteiger partial charge in [0.2, 0.25) is 0 Å². The van der Waals surface area contributed by atoms with Crippen molar-refractivity contribution in [2.45, 2.75) is 24.8 Å². The van der Waals surface area contributed by atoms with Gasteiger partial charge in [0.1, 0.15) is 5.75 Å². The van der Waals surface area contributed by atoms with Crippen LogP contribution in [-0.2, 0) is 15.5 Å². The minimum Gasteiger partial charge on any atom is -0.376 e. The van der Waals surface area contributed by atoms with Gasteiger partial charge in [-0.3, -0.25) is 0 Å². The topological polar surface area (TPSA) is 46.6 Å². The van der Waals surface area contributed by atoms with Crippen LogP contribution in [0, 0.1) is 0 Å². The number of anilines is 3. The van der Waals surface area contributed by atoms with E-state index in [9.17, 15) is 21.6 Å². The highest BCUT2D eigenvalue weighted by molar-refractivity contribution is 7.88. The van der Waals surface area contributed by atoms with Gasteiger partial charge < -0.3 is 9.08 Å². The standard InChI is InChI=1S/C40H28F3NO3S2/c1-39(2)34-16-10-9-15-30(34)31-21-25(17-19-35(31)39)26-18-20-37-32(22-26)33-23-29(47-49(45,46)40(41,42)43)24-36(38(33)48-37)44(27-11-5-3-6-12-27)28-13-7-4-8-14-28/h3-24H,1-2H3. The van der Waals surface area contributed by atoms with Gasteiger partial charge in [0, 0.05) is 38.3 Å². The maximum atomic E-state index is 13.6. The van der Waals surface area contributed by atoms with E-state index in [-0.39, 0.29) is 5.41 Å². The first-order valence-corrected chi connectivity index (χ1v) is 17.8. The molecule has 7 aromatic rings. The predicted octanol–water partition coefficient (Wildman–Crippen LogP) is 11.7. The molecule has 0 spiro atoms. The van der Waals surface area contributed by atoms with Crippen LogP contribution in [0.1, 0.15) is 25.0 Å². The normalized spacial score (nSPS) is 13.7. The third-order valence-corrected chi connectivity index (χ3v) is 11.4. The summed E-state index contributed by atoms with van der Waals surface area (Å²) in [7, 11) is -5.93. The Morgan fingerprint density at radius 3 is 1.92 bits per heavy atom. The summed E-state index contributed by atoms with van der Waals surface area (Å²) in [5.74, 6) is -0.432. The molecule has 0 bridgehead atoms. The number of hydrogen-bond donors (Lipinski definition) is 0. The summed E-state index contributed by atoms with van der Waals surface area (Å²) < 4.78 is 71.7. The van der Waals surface area contributed by atoms with E-state index in [0.29, 0.717) is 11.1 Å². The van der Waals surface area contributed by atoms with Gasteiger partial charge in [0.25, 0.3) is 0 Å². The minimum atomic E-state index is -5.93. The van der Waals surface area contributed by atoms with E-state index < -0.39 is 21.4 Å². The molecule has 0 atom stereocenters. The molecule has 9 heteroatoms. The number of thiophene rings is 1. The zero-order chi connectivity index (χ0) is 34.1. The quantitative estimate of drug-likeness (QED) is 0.129. The van der Waals surface area contributed by atoms with Crippen LogP contribution in [0.3, 0.4) is 0 Å². The molecule has 0 saturated heterocycles. The van der Waals surface area contributed by atoms with Crippen molar-refractivity contribution in [2.75, 3.05) is 4.90 Å². The molecule has 49 heavy (non-hydrogen) atoms. The number of fused-ring (bicyclic) bond motifs is 6. The number of halogens is 3. The molecular formula is C40H28F3NO3S2. The van der Waals surface area contributed by atoms with Crippen LogP contribution < -0.4 is 9.08 Å². The smallest absolute Gasteiger partial charge is 0.376 e. The van der Waals surface area contributed by atoms with Crippen LogP contribution >= 0.6 is 11.3 Å². The van der Waals surface area contributed by atoms with E-state index in [1.807, 2.05) is 89.8 Å². The molecule has 6 aromatic carbocycles. The van der Waals surface area contributed by atoms with Gasteiger partial charge >= 0.3 is 15.6 Å². The van der Waals surface area contributed by atoms with Crippen molar-refractivity contribution in [2.24, 2.45) is 0 Å². The highest BCUT2D eigenvalue weighted by Crippen LogP contribution is 2.51. The summed E-state index contributed by atoms with van der Waals surface area (Å²) >= 11 is 1.48. The first-order valence-electron chi connectivity index (χ1n) is 15.6. The Labute approximate surface area is 285 Å². The summed E-state index contributed by atoms with van der Waals surface area (Å²) in [6.45, 7) is 4.45. The van der Waals surface area contributed by atoms with Crippen molar-refractivity contribution in [3.8, 4) is 28.0 Å². The summed E-state index contributed by atoms with van der Waals surface area (Å²) in [6, 6.07) is 42.5. The Hall–Kier alpha value is -5.12. The highest BCUT2D eigenvalue weighted by atomic mass is 32.2. The Morgan fingerprint density at radius 2 is 1.24 bits per heavy atom. The fourth-order valence-electron chi connectivity index (χ4n) is 6.88. The highest BCUT2D eigenvalue weighted by Gasteiger charge is 2.48. The molecule has 1 aliphatic carbocycles. The van der Waals surface area contributed by atoms with Gasteiger partial charge in [-0.25, -0.2) is 0 Å². The van der Waals surface area contributed by atoms with E-state index >= 15 is 0 Å². The minimum absolute atomic E-state index is 0.134. The van der Waals surface area contributed by atoms with Crippen molar-refractivity contribution < 1.29 is 25.8 Å². The van der Waals surface area contributed by atoms with Crippen molar-refractivity contribution >= 4 is 58.7 Å². The third kappa shape index (κ3) is 5.16. The van der Waals surface area contributed by atoms with Crippen LogP contribution in [-0.4, -0.2) is 13.9 Å². The number of para-hydroxylation sites is 2. The summed E-state index contributed by atoms with van der Waals surface area (Å²) in [6.07, 6.45) is 0. The number of hydrogen-bond acceptors (Lipinski definition) is 5. The molecule has 0 unspecified atom stereocenters. The molecule has 0 amide bonds. The first kappa shape index (κ1) is 31.2. The van der Waals surface area contributed by atoms with Crippen LogP contribution in [0.25, 0.3) is 42.4 Å². The van der Waals surface area contributed by atoms with Crippen LogP contribution in [0.4, 0.5) is 30.2 Å². The molecule has 0 aliphatic heterocycles. The molecule has 1 aromatic heterocycles. The van der Waals surface area contributed by atoms with Crippen molar-refractivity contribution in [1.29, 1.82) is 0 Å². The lowest BCUT2D eigenvalue weighted by Crippen LogP contribution is -2.28. The lowest BCUT2D eigenvalue weighted by atomic mass is 9.82. The molecule has 1 heterocycles. The van der Waals surface area contributed by atoms with E-state index in [1.54, 1.807) is 0 Å². The number of benzene rings is 6. The Balaban J connectivity index is 1.35. The molecule has 0 fully saturated rings. The number of nitrogens with zero attached hydrogens (tertiary/aromatic N) is 1. The second-order valence-corrected chi connectivity index (χ2v) is 15.1. The summed E-state index contributed by atoms with van der Waals surface area (Å²) in [4.78, 5) is 1.89. The summed E-state index contributed by atoms with van der Waals surface area (Å²) in [5.41, 5.74) is 3.06. The third-order valence-electron chi connectivity index (χ3n) is 9.20. The zero-order valence-electron chi connectivity index (χ0n) is 26.3. The van der Waals surface area contributed by atoms with E-state index in [0.717, 1.165) is 37.3 Å². The summed E-state index contributed by atoms with van der Waals surface area (Å²) in [5, 5.41) is 1.35. The van der Waals surface area contributed by atoms with Crippen LogP contribution in [0.2, 0.25) is 0 Å². The maximum absolute atomic E-state index is 13.6. The monoisotopic (exact) mass is 691 g/mol. The lowest BCUT2D eigenvalue weighted by Gasteiger charge is -2.26. The molecule has 1 aliphatic rings. The SMILES string of the molecule is CC1(C)c2ccccc2-c2cc(-c3ccc4sc5c(N(c6ccccc6)c6ccccc6)cc(OS(=O)(=O)C(F)(F)F)cc5c4c3)ccc21. The lowest BCUT2D eigenvalue weighted by molar-refractivity contribution is -0.0500. The Morgan fingerprint density at radius 1 is 0.653 bits per heavy atom. The largest absolute Gasteiger partial charge is 0.534 e. The molecule has 4 nitrogen and oxygen atoms in total. The Kier molecular flexibility index (Phi) is 7.14. The predicted molar refractivity (Wildman–Crippen MR) is 193 cm³/mol. The molecular weight excluding hydrogens is 664 g/mol. The molecule has 0 N–H and O–H groups in total. The van der Waals surface area contributed by atoms with E-state index in [1.165, 1.54) is 45.7 Å². The van der Waals surface area contributed by atoms with Gasteiger partial charge in [-0.15, -0.1) is 11.3 Å². The maximum Gasteiger partial charge on any atom is 0.534 e. The second-order valence-electron chi connectivity index (χ2n) is 12.6. The Bertz CT molecular complexity index is 2470. The van der Waals surface area contributed by atoms with Crippen LogP contribution in [0.15, 0.2) is 133 Å². The van der Waals surface area contributed by atoms with Crippen LogP contribution in [0.5, 0.6) is 5.75 Å². The van der Waals surface area contributed by atoms with Gasteiger partial charge in [-0.2, -0.15) is 21.6 Å². The molecule has 0 radical (unpaired) electrons. The number of rotatable bonds is 6. The van der Waals surface area contributed by atoms with Gasteiger partial charge in [-0.1, -0.05) is 92.7 Å². The fraction of sp³-hybridized carbons (Fsp3) is 0.100. The molecule has 0 saturated carbocycles. The van der Waals surface area contributed by atoms with Gasteiger partial charge in [0.15, 0.2) is 0 Å². The van der Waals surface area contributed by atoms with Gasteiger partial charge in [0.05, 0.1) is 10.4 Å². The fourth-order valence-corrected chi connectivity index (χ4v) is 8.50. The molecule has 244 valence electrons. The van der Waals surface area contributed by atoms with E-state index in [4.69, 9.17) is 4.18 Å². The van der Waals surface area contributed by atoms with Crippen molar-refractivity contribution in [1.82, 2.24) is 0 Å². The van der Waals surface area contributed by atoms with Crippen molar-refractivity contribution in [3.63, 3.8) is 0 Å². The van der Waals surface area contributed by atoms with E-state index in [2.05, 4.69) is 50.2 Å². The number of alkyl halides is 3. The first-order chi connectivity index (χ1) is 23.4. The second kappa shape index (κ2) is 11.2. The average molecular weight is 692 g/mol. The van der Waals surface area contributed by atoms with Crippen molar-refractivity contribution in [3.05, 3.63) is 145 Å².